The predicted octanol–water partition coefficient (Wildman–Crippen LogP) is 0.841. The van der Waals surface area contributed by atoms with Crippen molar-refractivity contribution in [1.29, 1.82) is 0 Å². The lowest BCUT2D eigenvalue weighted by molar-refractivity contribution is -0.0207. The highest BCUT2D eigenvalue weighted by atomic mass is 79.9. The number of imidazole rings is 1. The summed E-state index contributed by atoms with van der Waals surface area (Å²) >= 11 is 3.21. The van der Waals surface area contributed by atoms with Crippen LogP contribution in [0.4, 0.5) is 5.82 Å². The number of ether oxygens (including phenoxy) is 1. The average Bonchev–Trinajstić information content (AvgIpc) is 2.93. The minimum absolute atomic E-state index is 0.0317. The molecule has 0 aliphatic carbocycles. The van der Waals surface area contributed by atoms with E-state index in [1.54, 1.807) is 6.33 Å². The van der Waals surface area contributed by atoms with Crippen molar-refractivity contribution in [3.63, 3.8) is 0 Å². The molecule has 0 amide bonds. The number of nitrogens with zero attached hydrogens (tertiary/aromatic N) is 4. The minimum atomic E-state index is -0.159. The fourth-order valence-corrected chi connectivity index (χ4v) is 2.51. The highest BCUT2D eigenvalue weighted by Gasteiger charge is 2.27. The number of aromatic nitrogens is 4. The first-order chi connectivity index (χ1) is 8.69. The van der Waals surface area contributed by atoms with Crippen LogP contribution in [0.2, 0.25) is 0 Å². The van der Waals surface area contributed by atoms with E-state index in [0.29, 0.717) is 21.7 Å². The van der Waals surface area contributed by atoms with Crippen LogP contribution in [0.25, 0.3) is 11.2 Å². The first-order valence-corrected chi connectivity index (χ1v) is 6.40. The SMILES string of the molecule is Nc1nc(Br)nc2c1ncn2[C@H]1CC[C@@H](CO)O1. The molecule has 0 unspecified atom stereocenters. The number of nitrogens with two attached hydrogens (primary N) is 1. The molecular formula is C10H12BrN5O2. The van der Waals surface area contributed by atoms with Crippen LogP contribution in [0.15, 0.2) is 11.1 Å². The van der Waals surface area contributed by atoms with E-state index >= 15 is 0 Å². The van der Waals surface area contributed by atoms with Crippen LogP contribution >= 0.6 is 15.9 Å². The molecule has 0 bridgehead atoms. The second kappa shape index (κ2) is 4.45. The van der Waals surface area contributed by atoms with Crippen molar-refractivity contribution in [3.05, 3.63) is 11.1 Å². The zero-order valence-corrected chi connectivity index (χ0v) is 11.0. The second-order valence-electron chi connectivity index (χ2n) is 4.17. The summed E-state index contributed by atoms with van der Waals surface area (Å²) < 4.78 is 7.95. The van der Waals surface area contributed by atoms with Gasteiger partial charge in [0.25, 0.3) is 0 Å². The van der Waals surface area contributed by atoms with Gasteiger partial charge >= 0.3 is 0 Å². The van der Waals surface area contributed by atoms with Crippen molar-refractivity contribution in [1.82, 2.24) is 19.5 Å². The molecule has 18 heavy (non-hydrogen) atoms. The molecule has 1 aliphatic heterocycles. The summed E-state index contributed by atoms with van der Waals surface area (Å²) in [6.07, 6.45) is 3.01. The summed E-state index contributed by atoms with van der Waals surface area (Å²) in [6, 6.07) is 0. The maximum Gasteiger partial charge on any atom is 0.200 e. The molecule has 0 spiro atoms. The van der Waals surface area contributed by atoms with Gasteiger partial charge in [-0.1, -0.05) is 0 Å². The molecule has 2 atom stereocenters. The Labute approximate surface area is 111 Å². The van der Waals surface area contributed by atoms with E-state index in [4.69, 9.17) is 15.6 Å². The smallest absolute Gasteiger partial charge is 0.200 e. The number of anilines is 1. The van der Waals surface area contributed by atoms with Gasteiger partial charge in [-0.2, -0.15) is 0 Å². The zero-order chi connectivity index (χ0) is 12.7. The number of hydrogen-bond acceptors (Lipinski definition) is 6. The van der Waals surface area contributed by atoms with E-state index in [0.717, 1.165) is 12.8 Å². The van der Waals surface area contributed by atoms with E-state index in [9.17, 15) is 0 Å². The van der Waals surface area contributed by atoms with E-state index in [-0.39, 0.29) is 18.9 Å². The van der Waals surface area contributed by atoms with Crippen molar-refractivity contribution >= 4 is 32.9 Å². The van der Waals surface area contributed by atoms with E-state index in [2.05, 4.69) is 30.9 Å². The maximum atomic E-state index is 9.08. The largest absolute Gasteiger partial charge is 0.394 e. The molecule has 1 saturated heterocycles. The molecule has 8 heteroatoms. The number of nitrogen functional groups attached to an aromatic ring is 1. The summed E-state index contributed by atoms with van der Waals surface area (Å²) in [5, 5.41) is 9.08. The number of aliphatic hydroxyl groups is 1. The Morgan fingerprint density at radius 1 is 1.50 bits per heavy atom. The Bertz CT molecular complexity index is 587. The quantitative estimate of drug-likeness (QED) is 0.797. The van der Waals surface area contributed by atoms with Crippen molar-refractivity contribution in [3.8, 4) is 0 Å². The van der Waals surface area contributed by atoms with Crippen LogP contribution < -0.4 is 5.73 Å². The van der Waals surface area contributed by atoms with Gasteiger partial charge in [0.05, 0.1) is 19.0 Å². The van der Waals surface area contributed by atoms with Gasteiger partial charge in [-0.15, -0.1) is 0 Å². The molecule has 1 fully saturated rings. The molecular weight excluding hydrogens is 302 g/mol. The van der Waals surface area contributed by atoms with Crippen LogP contribution in [-0.4, -0.2) is 37.3 Å². The summed E-state index contributed by atoms with van der Waals surface area (Å²) in [5.41, 5.74) is 6.99. The number of hydrogen-bond donors (Lipinski definition) is 2. The summed E-state index contributed by atoms with van der Waals surface area (Å²) in [7, 11) is 0. The molecule has 1 aliphatic rings. The lowest BCUT2D eigenvalue weighted by Gasteiger charge is -2.13. The maximum absolute atomic E-state index is 9.08. The Morgan fingerprint density at radius 2 is 2.33 bits per heavy atom. The van der Waals surface area contributed by atoms with E-state index in [1.807, 2.05) is 4.57 Å². The van der Waals surface area contributed by atoms with Gasteiger partial charge in [0.2, 0.25) is 4.73 Å². The third-order valence-corrected chi connectivity index (χ3v) is 3.37. The summed E-state index contributed by atoms with van der Waals surface area (Å²) in [4.78, 5) is 12.5. The van der Waals surface area contributed by atoms with Crippen LogP contribution in [0.5, 0.6) is 0 Å². The third-order valence-electron chi connectivity index (χ3n) is 3.02. The molecule has 2 aromatic heterocycles. The number of aliphatic hydroxyl groups excluding tert-OH is 1. The first-order valence-electron chi connectivity index (χ1n) is 5.61. The number of halogens is 1. The lowest BCUT2D eigenvalue weighted by Crippen LogP contribution is -2.14. The van der Waals surface area contributed by atoms with Crippen LogP contribution in [0.1, 0.15) is 19.1 Å². The third kappa shape index (κ3) is 1.86. The normalized spacial score (nSPS) is 23.9. The van der Waals surface area contributed by atoms with Gasteiger partial charge in [0.1, 0.15) is 11.7 Å². The Balaban J connectivity index is 2.03. The summed E-state index contributed by atoms with van der Waals surface area (Å²) in [5.74, 6) is 0.335. The van der Waals surface area contributed by atoms with Gasteiger partial charge in [-0.05, 0) is 28.8 Å². The molecule has 96 valence electrons. The molecule has 7 nitrogen and oxygen atoms in total. The number of fused-ring (bicyclic) bond motifs is 1. The molecule has 0 radical (unpaired) electrons. The van der Waals surface area contributed by atoms with Crippen LogP contribution in [-0.2, 0) is 4.74 Å². The molecule has 0 saturated carbocycles. The topological polar surface area (TPSA) is 99.1 Å². The fourth-order valence-electron chi connectivity index (χ4n) is 2.15. The highest BCUT2D eigenvalue weighted by molar-refractivity contribution is 9.10. The molecule has 2 aromatic rings. The molecule has 3 N–H and O–H groups in total. The molecule has 3 heterocycles. The van der Waals surface area contributed by atoms with Crippen molar-refractivity contribution in [2.45, 2.75) is 25.2 Å². The van der Waals surface area contributed by atoms with E-state index in [1.165, 1.54) is 0 Å². The van der Waals surface area contributed by atoms with Crippen LogP contribution in [0, 0.1) is 0 Å². The zero-order valence-electron chi connectivity index (χ0n) is 9.45. The first kappa shape index (κ1) is 11.8. The molecule has 3 rings (SSSR count). The number of rotatable bonds is 2. The van der Waals surface area contributed by atoms with Gasteiger partial charge in [-0.25, -0.2) is 15.0 Å². The summed E-state index contributed by atoms with van der Waals surface area (Å²) in [6.45, 7) is 0.0317. The standard InChI is InChI=1S/C10H12BrN5O2/c11-10-14-8(12)7-9(15-10)16(4-13-7)6-2-1-5(3-17)18-6/h4-6,17H,1-3H2,(H2,12,14,15)/t5-,6+/m0/s1. The second-order valence-corrected chi connectivity index (χ2v) is 4.88. The average molecular weight is 314 g/mol. The minimum Gasteiger partial charge on any atom is -0.394 e. The van der Waals surface area contributed by atoms with Crippen molar-refractivity contribution in [2.24, 2.45) is 0 Å². The van der Waals surface area contributed by atoms with Crippen molar-refractivity contribution < 1.29 is 9.84 Å². The highest BCUT2D eigenvalue weighted by Crippen LogP contribution is 2.31. The Hall–Kier alpha value is -1.25. The molecule has 0 aromatic carbocycles. The monoisotopic (exact) mass is 313 g/mol. The Morgan fingerprint density at radius 3 is 3.06 bits per heavy atom. The van der Waals surface area contributed by atoms with Gasteiger partial charge in [0.15, 0.2) is 11.5 Å². The lowest BCUT2D eigenvalue weighted by atomic mass is 10.2. The Kier molecular flexibility index (Phi) is 2.92. The predicted molar refractivity (Wildman–Crippen MR) is 67.7 cm³/mol. The van der Waals surface area contributed by atoms with Crippen LogP contribution in [0.3, 0.4) is 0 Å². The fraction of sp³-hybridized carbons (Fsp3) is 0.500. The van der Waals surface area contributed by atoms with E-state index < -0.39 is 0 Å². The van der Waals surface area contributed by atoms with Crippen molar-refractivity contribution in [2.75, 3.05) is 12.3 Å². The van der Waals surface area contributed by atoms with Gasteiger partial charge in [0, 0.05) is 0 Å². The van der Waals surface area contributed by atoms with Gasteiger partial charge < -0.3 is 15.6 Å². The van der Waals surface area contributed by atoms with Gasteiger partial charge in [-0.3, -0.25) is 4.57 Å².